The quantitative estimate of drug-likeness (QED) is 0.240. The summed E-state index contributed by atoms with van der Waals surface area (Å²) in [5.41, 5.74) is 4.22. The van der Waals surface area contributed by atoms with Crippen molar-refractivity contribution in [1.82, 2.24) is 0 Å². The van der Waals surface area contributed by atoms with Gasteiger partial charge in [0.25, 0.3) is 0 Å². The smallest absolute Gasteiger partial charge is 0.302 e. The van der Waals surface area contributed by atoms with E-state index in [2.05, 4.69) is 24.3 Å². The molecule has 0 radical (unpaired) electrons. The van der Waals surface area contributed by atoms with E-state index < -0.39 is 8.25 Å². The summed E-state index contributed by atoms with van der Waals surface area (Å²) in [7, 11) is -2.77. The molecule has 4 rings (SSSR count). The van der Waals surface area contributed by atoms with E-state index in [9.17, 15) is 4.57 Å². The Kier molecular flexibility index (Phi) is 8.05. The first-order valence-electron chi connectivity index (χ1n) is 10.8. The molecule has 0 fully saturated rings. The minimum Gasteiger partial charge on any atom is -0.302 e. The Morgan fingerprint density at radius 1 is 0.500 bits per heavy atom. The second-order valence-corrected chi connectivity index (χ2v) is 8.64. The summed E-state index contributed by atoms with van der Waals surface area (Å²) < 4.78 is 25.2. The van der Waals surface area contributed by atoms with Crippen LogP contribution < -0.4 is 0 Å². The zero-order valence-electron chi connectivity index (χ0n) is 17.8. The SMILES string of the molecule is O=[PH](OC(Cc1ccccc1)c1ccccc1)OC(Cc1ccccc1)c1ccccc1. The summed E-state index contributed by atoms with van der Waals surface area (Å²) in [6, 6.07) is 40.0. The summed E-state index contributed by atoms with van der Waals surface area (Å²) in [5.74, 6) is 0. The van der Waals surface area contributed by atoms with Crippen molar-refractivity contribution >= 4 is 8.25 Å². The number of rotatable bonds is 10. The highest BCUT2D eigenvalue weighted by Crippen LogP contribution is 2.40. The van der Waals surface area contributed by atoms with Crippen molar-refractivity contribution in [1.29, 1.82) is 0 Å². The maximum atomic E-state index is 13.1. The van der Waals surface area contributed by atoms with Crippen LogP contribution in [0.1, 0.15) is 34.5 Å². The Balaban J connectivity index is 1.51. The Labute approximate surface area is 190 Å². The van der Waals surface area contributed by atoms with E-state index >= 15 is 0 Å². The van der Waals surface area contributed by atoms with Gasteiger partial charge in [0.05, 0.1) is 12.2 Å². The van der Waals surface area contributed by atoms with E-state index in [0.29, 0.717) is 12.8 Å². The van der Waals surface area contributed by atoms with E-state index in [1.807, 2.05) is 97.1 Å². The van der Waals surface area contributed by atoms with E-state index in [4.69, 9.17) is 9.05 Å². The van der Waals surface area contributed by atoms with Crippen LogP contribution in [-0.2, 0) is 26.5 Å². The summed E-state index contributed by atoms with van der Waals surface area (Å²) in [6.07, 6.45) is 0.551. The van der Waals surface area contributed by atoms with Crippen LogP contribution in [-0.4, -0.2) is 0 Å². The zero-order chi connectivity index (χ0) is 22.0. The highest BCUT2D eigenvalue weighted by molar-refractivity contribution is 7.33. The first kappa shape index (κ1) is 22.2. The highest BCUT2D eigenvalue weighted by Gasteiger charge is 2.21. The number of hydrogen-bond acceptors (Lipinski definition) is 3. The number of benzene rings is 4. The van der Waals surface area contributed by atoms with Gasteiger partial charge in [-0.2, -0.15) is 0 Å². The molecule has 32 heavy (non-hydrogen) atoms. The fraction of sp³-hybridized carbons (Fsp3) is 0.143. The van der Waals surface area contributed by atoms with E-state index in [1.54, 1.807) is 0 Å². The number of hydrogen-bond donors (Lipinski definition) is 0. The van der Waals surface area contributed by atoms with Gasteiger partial charge in [0, 0.05) is 12.8 Å². The third kappa shape index (κ3) is 6.51. The Morgan fingerprint density at radius 3 is 1.16 bits per heavy atom. The Morgan fingerprint density at radius 2 is 0.812 bits per heavy atom. The van der Waals surface area contributed by atoms with Crippen LogP contribution >= 0.6 is 8.25 Å². The molecule has 2 unspecified atom stereocenters. The lowest BCUT2D eigenvalue weighted by Crippen LogP contribution is -2.08. The van der Waals surface area contributed by atoms with Gasteiger partial charge in [-0.05, 0) is 22.3 Å². The highest BCUT2D eigenvalue weighted by atomic mass is 31.1. The van der Waals surface area contributed by atoms with Crippen LogP contribution in [0.15, 0.2) is 121 Å². The summed E-state index contributed by atoms with van der Waals surface area (Å²) in [4.78, 5) is 0. The second-order valence-electron chi connectivity index (χ2n) is 7.66. The van der Waals surface area contributed by atoms with Crippen molar-refractivity contribution < 1.29 is 13.6 Å². The first-order valence-corrected chi connectivity index (χ1v) is 12.1. The lowest BCUT2D eigenvalue weighted by Gasteiger charge is -2.22. The van der Waals surface area contributed by atoms with Gasteiger partial charge in [0.2, 0.25) is 0 Å². The largest absolute Gasteiger partial charge is 0.320 e. The van der Waals surface area contributed by atoms with Gasteiger partial charge in [-0.1, -0.05) is 121 Å². The summed E-state index contributed by atoms with van der Waals surface area (Å²) in [5, 5.41) is 0. The topological polar surface area (TPSA) is 35.5 Å². The molecular weight excluding hydrogens is 415 g/mol. The van der Waals surface area contributed by atoms with Crippen molar-refractivity contribution in [3.8, 4) is 0 Å². The average molecular weight is 442 g/mol. The molecule has 0 bridgehead atoms. The molecule has 162 valence electrons. The lowest BCUT2D eigenvalue weighted by atomic mass is 10.0. The molecule has 0 amide bonds. The van der Waals surface area contributed by atoms with Crippen LogP contribution in [0.3, 0.4) is 0 Å². The van der Waals surface area contributed by atoms with Crippen LogP contribution in [0.2, 0.25) is 0 Å². The maximum absolute atomic E-state index is 13.1. The van der Waals surface area contributed by atoms with Gasteiger partial charge >= 0.3 is 8.25 Å². The summed E-state index contributed by atoms with van der Waals surface area (Å²) in [6.45, 7) is 0. The van der Waals surface area contributed by atoms with Gasteiger partial charge < -0.3 is 9.05 Å². The van der Waals surface area contributed by atoms with Gasteiger partial charge in [-0.3, -0.25) is 4.57 Å². The third-order valence-electron chi connectivity index (χ3n) is 5.35. The Bertz CT molecular complexity index is 998. The molecule has 0 spiro atoms. The lowest BCUT2D eigenvalue weighted by molar-refractivity contribution is 0.129. The van der Waals surface area contributed by atoms with E-state index in [0.717, 1.165) is 22.3 Å². The normalized spacial score (nSPS) is 13.9. The van der Waals surface area contributed by atoms with E-state index in [1.165, 1.54) is 0 Å². The molecular formula is C28H27O3P. The summed E-state index contributed by atoms with van der Waals surface area (Å²) >= 11 is 0. The van der Waals surface area contributed by atoms with Crippen LogP contribution in [0.4, 0.5) is 0 Å². The van der Waals surface area contributed by atoms with Crippen molar-refractivity contribution in [2.24, 2.45) is 0 Å². The fourth-order valence-electron chi connectivity index (χ4n) is 3.71. The third-order valence-corrected chi connectivity index (χ3v) is 6.30. The molecule has 2 atom stereocenters. The standard InChI is InChI=1S/C28H27O3P/c29-32(30-27(25-17-9-3-10-18-25)21-23-13-5-1-6-14-23)31-28(26-19-11-4-12-20-26)22-24-15-7-2-8-16-24/h1-20,27-28,32H,21-22H2. The molecule has 0 aliphatic rings. The molecule has 0 saturated carbocycles. The monoisotopic (exact) mass is 442 g/mol. The molecule has 0 aromatic heterocycles. The molecule has 0 heterocycles. The molecule has 4 aromatic rings. The molecule has 4 heteroatoms. The minimum absolute atomic E-state index is 0.349. The molecule has 0 saturated heterocycles. The van der Waals surface area contributed by atoms with Gasteiger partial charge in [-0.15, -0.1) is 0 Å². The van der Waals surface area contributed by atoms with Gasteiger partial charge in [0.1, 0.15) is 0 Å². The zero-order valence-corrected chi connectivity index (χ0v) is 18.8. The fourth-order valence-corrected chi connectivity index (χ4v) is 4.67. The molecule has 0 N–H and O–H groups in total. The molecule has 4 aromatic carbocycles. The molecule has 3 nitrogen and oxygen atoms in total. The predicted molar refractivity (Wildman–Crippen MR) is 130 cm³/mol. The van der Waals surface area contributed by atoms with Gasteiger partial charge in [-0.25, -0.2) is 0 Å². The maximum Gasteiger partial charge on any atom is 0.320 e. The van der Waals surface area contributed by atoms with Crippen molar-refractivity contribution in [2.75, 3.05) is 0 Å². The van der Waals surface area contributed by atoms with Crippen LogP contribution in [0.25, 0.3) is 0 Å². The van der Waals surface area contributed by atoms with Crippen molar-refractivity contribution in [3.63, 3.8) is 0 Å². The minimum atomic E-state index is -2.77. The molecule has 0 aliphatic carbocycles. The van der Waals surface area contributed by atoms with Gasteiger partial charge in [0.15, 0.2) is 0 Å². The average Bonchev–Trinajstić information content (AvgIpc) is 2.86. The van der Waals surface area contributed by atoms with Crippen molar-refractivity contribution in [2.45, 2.75) is 25.0 Å². The first-order chi connectivity index (χ1) is 15.8. The van der Waals surface area contributed by atoms with Crippen LogP contribution in [0, 0.1) is 0 Å². The predicted octanol–water partition coefficient (Wildman–Crippen LogP) is 7.38. The van der Waals surface area contributed by atoms with Crippen LogP contribution in [0.5, 0.6) is 0 Å². The van der Waals surface area contributed by atoms with Crippen molar-refractivity contribution in [3.05, 3.63) is 144 Å². The second kappa shape index (κ2) is 11.6. The Hall–Kier alpha value is -2.97. The molecule has 0 aliphatic heterocycles. The van der Waals surface area contributed by atoms with E-state index in [-0.39, 0.29) is 12.2 Å².